The highest BCUT2D eigenvalue weighted by atomic mass is 32.2. The highest BCUT2D eigenvalue weighted by Crippen LogP contribution is 2.48. The van der Waals surface area contributed by atoms with Crippen LogP contribution >= 0.6 is 11.8 Å². The second-order valence-corrected chi connectivity index (χ2v) is 14.6. The number of amides is 2. The molecule has 0 saturated carbocycles. The number of nitrogens with one attached hydrogen (secondary N) is 1. The molecule has 242 valence electrons. The molecule has 6 rings (SSSR count). The maximum atomic E-state index is 15.6. The summed E-state index contributed by atoms with van der Waals surface area (Å²) < 4.78 is 17.3. The van der Waals surface area contributed by atoms with Crippen LogP contribution in [0.4, 0.5) is 10.1 Å². The average Bonchev–Trinajstić information content (AvgIpc) is 3.52. The quantitative estimate of drug-likeness (QED) is 0.411. The summed E-state index contributed by atoms with van der Waals surface area (Å²) in [4.78, 5) is 55.3. The molecule has 3 aliphatic heterocycles. The maximum Gasteiger partial charge on any atom is 0.327 e. The number of thioether (sulfide) groups is 1. The van der Waals surface area contributed by atoms with E-state index >= 15 is 4.39 Å². The van der Waals surface area contributed by atoms with Gasteiger partial charge in [0.2, 0.25) is 11.8 Å². The third kappa shape index (κ3) is 6.23. The van der Waals surface area contributed by atoms with E-state index < -0.39 is 5.25 Å². The van der Waals surface area contributed by atoms with Crippen LogP contribution in [0.2, 0.25) is 0 Å². The molecule has 1 aromatic carbocycles. The molecule has 0 aliphatic carbocycles. The SMILES string of the molecule is CCCN1C(=O)[C@H](CC(=O)N2CCC(n3c(=O)[nH]c4ncccc43)CC2)SC1c1cccc(F)c1N1CCN(C(C)(C)C)CC1. The van der Waals surface area contributed by atoms with Crippen LogP contribution in [0.25, 0.3) is 11.2 Å². The molecule has 10 nitrogen and oxygen atoms in total. The number of pyridine rings is 1. The number of piperazine rings is 1. The van der Waals surface area contributed by atoms with Crippen LogP contribution in [0.1, 0.15) is 70.4 Å². The number of anilines is 1. The number of imidazole rings is 1. The molecule has 3 aliphatic rings. The number of para-hydroxylation sites is 1. The third-order valence-electron chi connectivity index (χ3n) is 9.46. The molecule has 2 aromatic heterocycles. The van der Waals surface area contributed by atoms with E-state index in [0.717, 1.165) is 30.6 Å². The first-order chi connectivity index (χ1) is 21.6. The number of piperidine rings is 1. The number of aromatic nitrogens is 3. The topological polar surface area (TPSA) is 97.8 Å². The van der Waals surface area contributed by atoms with Crippen LogP contribution in [0.5, 0.6) is 0 Å². The van der Waals surface area contributed by atoms with E-state index in [2.05, 4.69) is 40.5 Å². The molecule has 0 spiro atoms. The first-order valence-electron chi connectivity index (χ1n) is 16.1. The van der Waals surface area contributed by atoms with Crippen molar-refractivity contribution in [3.05, 3.63) is 58.4 Å². The van der Waals surface area contributed by atoms with Crippen molar-refractivity contribution in [1.82, 2.24) is 29.2 Å². The van der Waals surface area contributed by atoms with E-state index in [9.17, 15) is 14.4 Å². The molecular formula is C33H44FN7O3S. The number of carbonyl (C=O) groups is 2. The van der Waals surface area contributed by atoms with E-state index in [1.807, 2.05) is 34.9 Å². The summed E-state index contributed by atoms with van der Waals surface area (Å²) in [5.74, 6) is -0.378. The van der Waals surface area contributed by atoms with Gasteiger partial charge in [-0.3, -0.25) is 24.0 Å². The van der Waals surface area contributed by atoms with Gasteiger partial charge in [-0.15, -0.1) is 11.8 Å². The van der Waals surface area contributed by atoms with Crippen LogP contribution in [-0.2, 0) is 9.59 Å². The van der Waals surface area contributed by atoms with Gasteiger partial charge in [0.1, 0.15) is 11.2 Å². The van der Waals surface area contributed by atoms with Gasteiger partial charge in [0.05, 0.1) is 16.5 Å². The number of benzene rings is 1. The summed E-state index contributed by atoms with van der Waals surface area (Å²) in [7, 11) is 0. The Morgan fingerprint density at radius 2 is 1.78 bits per heavy atom. The predicted molar refractivity (Wildman–Crippen MR) is 176 cm³/mol. The number of H-pyrrole nitrogens is 1. The Labute approximate surface area is 267 Å². The largest absolute Gasteiger partial charge is 0.366 e. The van der Waals surface area contributed by atoms with E-state index in [1.165, 1.54) is 17.8 Å². The lowest BCUT2D eigenvalue weighted by Crippen LogP contribution is -2.53. The number of hydrogen-bond acceptors (Lipinski definition) is 7. The van der Waals surface area contributed by atoms with Crippen molar-refractivity contribution < 1.29 is 14.0 Å². The van der Waals surface area contributed by atoms with Crippen LogP contribution in [-0.4, -0.2) is 97.7 Å². The van der Waals surface area contributed by atoms with Gasteiger partial charge >= 0.3 is 5.69 Å². The van der Waals surface area contributed by atoms with E-state index in [1.54, 1.807) is 16.8 Å². The van der Waals surface area contributed by atoms with Gasteiger partial charge in [-0.1, -0.05) is 19.1 Å². The van der Waals surface area contributed by atoms with Crippen molar-refractivity contribution in [2.45, 2.75) is 75.6 Å². The lowest BCUT2D eigenvalue weighted by atomic mass is 10.0. The van der Waals surface area contributed by atoms with Crippen molar-refractivity contribution in [3.63, 3.8) is 0 Å². The van der Waals surface area contributed by atoms with Gasteiger partial charge < -0.3 is 14.7 Å². The van der Waals surface area contributed by atoms with Gasteiger partial charge in [0.25, 0.3) is 0 Å². The first-order valence-corrected chi connectivity index (χ1v) is 17.1. The van der Waals surface area contributed by atoms with Crippen LogP contribution in [0.3, 0.4) is 0 Å². The molecule has 12 heteroatoms. The number of fused-ring (bicyclic) bond motifs is 1. The zero-order valence-corrected chi connectivity index (χ0v) is 27.5. The van der Waals surface area contributed by atoms with E-state index in [-0.39, 0.29) is 46.7 Å². The van der Waals surface area contributed by atoms with Crippen molar-refractivity contribution in [2.75, 3.05) is 50.7 Å². The lowest BCUT2D eigenvalue weighted by Gasteiger charge is -2.43. The summed E-state index contributed by atoms with van der Waals surface area (Å²) in [6.45, 7) is 13.3. The minimum absolute atomic E-state index is 0.0249. The molecule has 45 heavy (non-hydrogen) atoms. The van der Waals surface area contributed by atoms with Crippen molar-refractivity contribution in [1.29, 1.82) is 0 Å². The van der Waals surface area contributed by atoms with Gasteiger partial charge in [0, 0.05) is 75.6 Å². The Balaban J connectivity index is 1.14. The Morgan fingerprint density at radius 1 is 1.04 bits per heavy atom. The average molecular weight is 638 g/mol. The molecule has 3 aromatic rings. The number of halogens is 1. The number of hydrogen-bond donors (Lipinski definition) is 1. The minimum Gasteiger partial charge on any atom is -0.366 e. The monoisotopic (exact) mass is 637 g/mol. The second-order valence-electron chi connectivity index (χ2n) is 13.3. The highest BCUT2D eigenvalue weighted by molar-refractivity contribution is 8.01. The summed E-state index contributed by atoms with van der Waals surface area (Å²) >= 11 is 1.47. The predicted octanol–water partition coefficient (Wildman–Crippen LogP) is 4.39. The molecule has 3 fully saturated rings. The minimum atomic E-state index is -0.525. The maximum absolute atomic E-state index is 15.6. The summed E-state index contributed by atoms with van der Waals surface area (Å²) in [5, 5.41) is -0.877. The van der Waals surface area contributed by atoms with Gasteiger partial charge in [-0.05, 0) is 58.2 Å². The summed E-state index contributed by atoms with van der Waals surface area (Å²) in [5.41, 5.74) is 2.59. The Morgan fingerprint density at radius 3 is 2.47 bits per heavy atom. The van der Waals surface area contributed by atoms with Gasteiger partial charge in [-0.25, -0.2) is 14.2 Å². The summed E-state index contributed by atoms with van der Waals surface area (Å²) in [6, 6.07) is 8.85. The highest BCUT2D eigenvalue weighted by Gasteiger charge is 2.44. The molecule has 2 atom stereocenters. The van der Waals surface area contributed by atoms with Gasteiger partial charge in [0.15, 0.2) is 5.65 Å². The number of likely N-dealkylation sites (tertiary alicyclic amines) is 1. The number of aromatic amines is 1. The standard InChI is InChI=1S/C33H44FN7O3S/c1-5-14-40-30(43)26(21-27(42)37-15-11-22(12-16-37)41-25-10-7-13-35-29(25)36-32(41)44)45-31(40)23-8-6-9-24(34)28(23)38-17-19-39(20-18-38)33(2,3)4/h6-10,13,22,26,31H,5,11-12,14-21H2,1-4H3,(H,35,36,44)/t26-,31?/m0/s1. The molecule has 0 bridgehead atoms. The third-order valence-corrected chi connectivity index (χ3v) is 10.9. The van der Waals surface area contributed by atoms with Crippen LogP contribution < -0.4 is 10.6 Å². The number of nitrogens with zero attached hydrogens (tertiary/aromatic N) is 6. The second kappa shape index (κ2) is 12.8. The molecule has 3 saturated heterocycles. The van der Waals surface area contributed by atoms with Crippen molar-refractivity contribution in [2.24, 2.45) is 0 Å². The fourth-order valence-corrected chi connectivity index (χ4v) is 8.58. The summed E-state index contributed by atoms with van der Waals surface area (Å²) in [6.07, 6.45) is 3.84. The van der Waals surface area contributed by atoms with Crippen molar-refractivity contribution in [3.8, 4) is 0 Å². The van der Waals surface area contributed by atoms with E-state index in [0.29, 0.717) is 56.9 Å². The smallest absolute Gasteiger partial charge is 0.327 e. The fourth-order valence-electron chi connectivity index (χ4n) is 7.08. The number of carbonyl (C=O) groups excluding carboxylic acids is 2. The van der Waals surface area contributed by atoms with Crippen LogP contribution in [0, 0.1) is 5.82 Å². The molecule has 1 N–H and O–H groups in total. The fraction of sp³-hybridized carbons (Fsp3) is 0.576. The Bertz CT molecular complexity index is 1600. The molecule has 0 radical (unpaired) electrons. The molecule has 2 amide bonds. The first kappa shape index (κ1) is 31.6. The van der Waals surface area contributed by atoms with Crippen molar-refractivity contribution >= 4 is 40.4 Å². The normalized spacial score (nSPS) is 22.2. The van der Waals surface area contributed by atoms with Crippen LogP contribution in [0.15, 0.2) is 41.3 Å². The zero-order chi connectivity index (χ0) is 31.9. The Kier molecular flexibility index (Phi) is 8.98. The van der Waals surface area contributed by atoms with Gasteiger partial charge in [-0.2, -0.15) is 0 Å². The molecule has 5 heterocycles. The van der Waals surface area contributed by atoms with E-state index in [4.69, 9.17) is 0 Å². The molecular weight excluding hydrogens is 593 g/mol. The lowest BCUT2D eigenvalue weighted by molar-refractivity contribution is -0.136. The molecule has 1 unspecified atom stereocenters. The number of rotatable bonds is 7. The zero-order valence-electron chi connectivity index (χ0n) is 26.7. The Hall–Kier alpha value is -3.38.